The monoisotopic (exact) mass is 334 g/mol. The Morgan fingerprint density at radius 3 is 2.35 bits per heavy atom. The molecule has 0 heterocycles. The summed E-state index contributed by atoms with van der Waals surface area (Å²) >= 11 is 0. The minimum absolute atomic E-state index is 0.168. The van der Waals surface area contributed by atoms with Crippen LogP contribution in [0.1, 0.15) is 29.7 Å². The Bertz CT molecular complexity index is 801. The van der Waals surface area contributed by atoms with Crippen LogP contribution < -0.4 is 4.72 Å². The fourth-order valence-corrected chi connectivity index (χ4v) is 3.66. The summed E-state index contributed by atoms with van der Waals surface area (Å²) < 4.78 is 27.1. The third kappa shape index (κ3) is 4.61. The van der Waals surface area contributed by atoms with Crippen molar-refractivity contribution in [3.63, 3.8) is 0 Å². The number of nitro benzene ring substituents is 1. The number of hydrogen-bond donors (Lipinski definition) is 1. The smallest absolute Gasteiger partial charge is 0.258 e. The molecule has 0 saturated carbocycles. The van der Waals surface area contributed by atoms with E-state index in [1.165, 1.54) is 18.2 Å². The van der Waals surface area contributed by atoms with E-state index in [-0.39, 0.29) is 11.3 Å². The molecule has 0 fully saturated rings. The number of nitrogens with one attached hydrogen (secondary N) is 1. The highest BCUT2D eigenvalue weighted by atomic mass is 32.2. The zero-order chi connectivity index (χ0) is 17.0. The van der Waals surface area contributed by atoms with Gasteiger partial charge in [0.05, 0.1) is 10.7 Å². The number of para-hydroxylation sites is 1. The molecule has 23 heavy (non-hydrogen) atoms. The topological polar surface area (TPSA) is 89.3 Å². The van der Waals surface area contributed by atoms with Gasteiger partial charge < -0.3 is 0 Å². The molecule has 0 aliphatic carbocycles. The van der Waals surface area contributed by atoms with E-state index in [1.807, 2.05) is 31.2 Å². The van der Waals surface area contributed by atoms with Gasteiger partial charge in [0.1, 0.15) is 0 Å². The molecule has 0 saturated heterocycles. The SMILES string of the molecule is Cc1ccc(C(C)NS(=O)(=O)Cc2ccccc2[N+](=O)[O-])cc1. The number of benzene rings is 2. The molecule has 0 aliphatic heterocycles. The van der Waals surface area contributed by atoms with Gasteiger partial charge in [-0.3, -0.25) is 10.1 Å². The molecule has 1 atom stereocenters. The molecule has 0 radical (unpaired) electrons. The average Bonchev–Trinajstić information content (AvgIpc) is 2.47. The van der Waals surface area contributed by atoms with E-state index in [0.717, 1.165) is 11.1 Å². The Morgan fingerprint density at radius 1 is 1.13 bits per heavy atom. The van der Waals surface area contributed by atoms with Gasteiger partial charge in [-0.1, -0.05) is 48.0 Å². The zero-order valence-corrected chi connectivity index (χ0v) is 13.7. The van der Waals surface area contributed by atoms with Crippen LogP contribution in [0.3, 0.4) is 0 Å². The largest absolute Gasteiger partial charge is 0.273 e. The summed E-state index contributed by atoms with van der Waals surface area (Å²) in [6.07, 6.45) is 0. The summed E-state index contributed by atoms with van der Waals surface area (Å²) in [5, 5.41) is 11.0. The molecule has 122 valence electrons. The first kappa shape index (κ1) is 17.1. The Morgan fingerprint density at radius 2 is 1.74 bits per heavy atom. The number of rotatable bonds is 6. The fraction of sp³-hybridized carbons (Fsp3) is 0.250. The molecular weight excluding hydrogens is 316 g/mol. The molecule has 1 unspecified atom stereocenters. The number of nitro groups is 1. The Balaban J connectivity index is 2.16. The minimum atomic E-state index is -3.70. The molecule has 0 aromatic heterocycles. The maximum atomic E-state index is 12.3. The minimum Gasteiger partial charge on any atom is -0.258 e. The lowest BCUT2D eigenvalue weighted by atomic mass is 10.1. The van der Waals surface area contributed by atoms with Crippen molar-refractivity contribution in [1.82, 2.24) is 4.72 Å². The van der Waals surface area contributed by atoms with Crippen LogP contribution >= 0.6 is 0 Å². The number of hydrogen-bond acceptors (Lipinski definition) is 4. The Hall–Kier alpha value is -2.25. The Labute approximate surface area is 135 Å². The van der Waals surface area contributed by atoms with Crippen LogP contribution in [0.25, 0.3) is 0 Å². The van der Waals surface area contributed by atoms with Crippen molar-refractivity contribution in [1.29, 1.82) is 0 Å². The number of aryl methyl sites for hydroxylation is 1. The molecular formula is C16H18N2O4S. The predicted molar refractivity (Wildman–Crippen MR) is 88.4 cm³/mol. The second-order valence-corrected chi connectivity index (χ2v) is 7.15. The lowest BCUT2D eigenvalue weighted by molar-refractivity contribution is -0.385. The lowest BCUT2D eigenvalue weighted by Gasteiger charge is -2.15. The van der Waals surface area contributed by atoms with Gasteiger partial charge in [0.2, 0.25) is 10.0 Å². The predicted octanol–water partition coefficient (Wildman–Crippen LogP) is 3.08. The molecule has 0 amide bonds. The maximum absolute atomic E-state index is 12.3. The molecule has 1 N–H and O–H groups in total. The second kappa shape index (κ2) is 6.89. The van der Waals surface area contributed by atoms with E-state index in [2.05, 4.69) is 4.72 Å². The van der Waals surface area contributed by atoms with Crippen LogP contribution in [-0.4, -0.2) is 13.3 Å². The van der Waals surface area contributed by atoms with Crippen molar-refractivity contribution in [2.75, 3.05) is 0 Å². The maximum Gasteiger partial charge on any atom is 0.273 e. The summed E-state index contributed by atoms with van der Waals surface area (Å²) in [7, 11) is -3.70. The van der Waals surface area contributed by atoms with Crippen molar-refractivity contribution >= 4 is 15.7 Å². The Kier molecular flexibility index (Phi) is 5.12. The summed E-state index contributed by atoms with van der Waals surface area (Å²) in [4.78, 5) is 10.4. The van der Waals surface area contributed by atoms with Gasteiger partial charge in [0, 0.05) is 17.7 Å². The van der Waals surface area contributed by atoms with Gasteiger partial charge in [0.25, 0.3) is 5.69 Å². The van der Waals surface area contributed by atoms with Gasteiger partial charge in [-0.2, -0.15) is 0 Å². The molecule has 7 heteroatoms. The average molecular weight is 334 g/mol. The molecule has 0 aliphatic rings. The summed E-state index contributed by atoms with van der Waals surface area (Å²) in [5.41, 5.74) is 1.90. The van der Waals surface area contributed by atoms with Crippen LogP contribution in [0.5, 0.6) is 0 Å². The molecule has 2 aromatic carbocycles. The standard InChI is InChI=1S/C16H18N2O4S/c1-12-7-9-14(10-8-12)13(2)17-23(21,22)11-15-5-3-4-6-16(15)18(19)20/h3-10,13,17H,11H2,1-2H3. The van der Waals surface area contributed by atoms with Crippen LogP contribution in [0.2, 0.25) is 0 Å². The van der Waals surface area contributed by atoms with Crippen molar-refractivity contribution in [2.45, 2.75) is 25.6 Å². The van der Waals surface area contributed by atoms with E-state index < -0.39 is 26.7 Å². The molecule has 2 aromatic rings. The normalized spacial score (nSPS) is 12.8. The number of sulfonamides is 1. The van der Waals surface area contributed by atoms with Crippen molar-refractivity contribution < 1.29 is 13.3 Å². The zero-order valence-electron chi connectivity index (χ0n) is 12.9. The van der Waals surface area contributed by atoms with Crippen molar-refractivity contribution in [3.8, 4) is 0 Å². The van der Waals surface area contributed by atoms with Gasteiger partial charge >= 0.3 is 0 Å². The van der Waals surface area contributed by atoms with Gasteiger partial charge in [-0.05, 0) is 19.4 Å². The highest BCUT2D eigenvalue weighted by Gasteiger charge is 2.21. The third-order valence-corrected chi connectivity index (χ3v) is 4.87. The summed E-state index contributed by atoms with van der Waals surface area (Å²) in [6, 6.07) is 13.0. The van der Waals surface area contributed by atoms with E-state index in [1.54, 1.807) is 13.0 Å². The molecule has 0 bridgehead atoms. The van der Waals surface area contributed by atoms with Gasteiger partial charge in [-0.25, -0.2) is 13.1 Å². The van der Waals surface area contributed by atoms with E-state index in [9.17, 15) is 18.5 Å². The van der Waals surface area contributed by atoms with Crippen LogP contribution in [-0.2, 0) is 15.8 Å². The molecule has 6 nitrogen and oxygen atoms in total. The second-order valence-electron chi connectivity index (χ2n) is 5.40. The highest BCUT2D eigenvalue weighted by Crippen LogP contribution is 2.21. The van der Waals surface area contributed by atoms with Crippen molar-refractivity contribution in [3.05, 3.63) is 75.3 Å². The fourth-order valence-electron chi connectivity index (χ4n) is 2.25. The molecule has 2 rings (SSSR count). The first-order chi connectivity index (χ1) is 10.8. The number of nitrogens with zero attached hydrogens (tertiary/aromatic N) is 1. The van der Waals surface area contributed by atoms with Crippen molar-refractivity contribution in [2.24, 2.45) is 0 Å². The first-order valence-electron chi connectivity index (χ1n) is 7.07. The van der Waals surface area contributed by atoms with Crippen LogP contribution in [0.4, 0.5) is 5.69 Å². The van der Waals surface area contributed by atoms with Gasteiger partial charge in [0.15, 0.2) is 0 Å². The van der Waals surface area contributed by atoms with Gasteiger partial charge in [-0.15, -0.1) is 0 Å². The molecule has 0 spiro atoms. The summed E-state index contributed by atoms with van der Waals surface area (Å²) in [6.45, 7) is 3.69. The lowest BCUT2D eigenvalue weighted by Crippen LogP contribution is -2.28. The van der Waals surface area contributed by atoms with E-state index >= 15 is 0 Å². The quantitative estimate of drug-likeness (QED) is 0.649. The third-order valence-electron chi connectivity index (χ3n) is 3.47. The van der Waals surface area contributed by atoms with E-state index in [4.69, 9.17) is 0 Å². The van der Waals surface area contributed by atoms with Crippen LogP contribution in [0, 0.1) is 17.0 Å². The summed E-state index contributed by atoms with van der Waals surface area (Å²) in [5.74, 6) is -0.430. The highest BCUT2D eigenvalue weighted by molar-refractivity contribution is 7.88. The van der Waals surface area contributed by atoms with E-state index in [0.29, 0.717) is 0 Å². The van der Waals surface area contributed by atoms with Crippen LogP contribution in [0.15, 0.2) is 48.5 Å². The first-order valence-corrected chi connectivity index (χ1v) is 8.72.